The van der Waals surface area contributed by atoms with Gasteiger partial charge in [-0.15, -0.1) is 0 Å². The first-order valence-corrected chi connectivity index (χ1v) is 12.8. The van der Waals surface area contributed by atoms with Gasteiger partial charge in [0.25, 0.3) is 0 Å². The molecule has 0 unspecified atom stereocenters. The van der Waals surface area contributed by atoms with Crippen molar-refractivity contribution in [2.75, 3.05) is 6.61 Å². The van der Waals surface area contributed by atoms with Crippen molar-refractivity contribution in [2.24, 2.45) is 0 Å². The van der Waals surface area contributed by atoms with E-state index in [-0.39, 0.29) is 19.8 Å². The zero-order valence-corrected chi connectivity index (χ0v) is 22.1. The zero-order chi connectivity index (χ0) is 27.0. The SMILES string of the molecule is CC(C)(C)O[C@@H]1O[C@H](COC(=O)c2ccccc2)[C@H](O)[C@H](OCc2ccccc2)[C@H]1OCc1ccccc1. The van der Waals surface area contributed by atoms with Gasteiger partial charge in [0, 0.05) is 0 Å². The predicted molar refractivity (Wildman–Crippen MR) is 142 cm³/mol. The van der Waals surface area contributed by atoms with Crippen molar-refractivity contribution < 1.29 is 33.6 Å². The number of carbonyl (C=O) groups excluding carboxylic acids is 1. The molecule has 1 aliphatic heterocycles. The Kier molecular flexibility index (Phi) is 9.66. The van der Waals surface area contributed by atoms with E-state index >= 15 is 0 Å². The van der Waals surface area contributed by atoms with Crippen molar-refractivity contribution in [1.82, 2.24) is 0 Å². The van der Waals surface area contributed by atoms with Crippen molar-refractivity contribution in [1.29, 1.82) is 0 Å². The van der Waals surface area contributed by atoms with Gasteiger partial charge in [0.1, 0.15) is 31.0 Å². The highest BCUT2D eigenvalue weighted by molar-refractivity contribution is 5.89. The molecule has 1 aliphatic rings. The second kappa shape index (κ2) is 13.1. The molecule has 1 fully saturated rings. The van der Waals surface area contributed by atoms with Crippen molar-refractivity contribution in [2.45, 2.75) is 70.3 Å². The largest absolute Gasteiger partial charge is 0.459 e. The van der Waals surface area contributed by atoms with Crippen LogP contribution in [0.1, 0.15) is 42.3 Å². The third-order valence-corrected chi connectivity index (χ3v) is 6.05. The molecule has 3 aromatic carbocycles. The summed E-state index contributed by atoms with van der Waals surface area (Å²) in [7, 11) is 0. The summed E-state index contributed by atoms with van der Waals surface area (Å²) in [6, 6.07) is 28.1. The summed E-state index contributed by atoms with van der Waals surface area (Å²) in [4.78, 5) is 12.6. The van der Waals surface area contributed by atoms with Crippen molar-refractivity contribution in [3.8, 4) is 0 Å². The second-order valence-corrected chi connectivity index (χ2v) is 10.3. The molecule has 4 rings (SSSR count). The molecule has 202 valence electrons. The van der Waals surface area contributed by atoms with Crippen molar-refractivity contribution in [3.05, 3.63) is 108 Å². The predicted octanol–water partition coefficient (Wildman–Crippen LogP) is 4.92. The highest BCUT2D eigenvalue weighted by Crippen LogP contribution is 2.31. The van der Waals surface area contributed by atoms with Crippen LogP contribution in [0.15, 0.2) is 91.0 Å². The lowest BCUT2D eigenvalue weighted by Crippen LogP contribution is -2.62. The molecule has 0 amide bonds. The van der Waals surface area contributed by atoms with Gasteiger partial charge < -0.3 is 28.8 Å². The third kappa shape index (κ3) is 7.96. The molecule has 0 aromatic heterocycles. The van der Waals surface area contributed by atoms with E-state index in [1.165, 1.54) is 0 Å². The molecule has 0 saturated carbocycles. The smallest absolute Gasteiger partial charge is 0.338 e. The van der Waals surface area contributed by atoms with E-state index in [4.69, 9.17) is 23.7 Å². The fraction of sp³-hybridized carbons (Fsp3) is 0.387. The van der Waals surface area contributed by atoms with Crippen LogP contribution in [0.4, 0.5) is 0 Å². The first kappa shape index (κ1) is 28.0. The molecule has 38 heavy (non-hydrogen) atoms. The van der Waals surface area contributed by atoms with Gasteiger partial charge >= 0.3 is 5.97 Å². The number of rotatable bonds is 10. The monoisotopic (exact) mass is 520 g/mol. The van der Waals surface area contributed by atoms with E-state index in [0.29, 0.717) is 5.56 Å². The molecule has 1 saturated heterocycles. The summed E-state index contributed by atoms with van der Waals surface area (Å²) in [5.74, 6) is -0.501. The Morgan fingerprint density at radius 2 is 1.29 bits per heavy atom. The Morgan fingerprint density at radius 3 is 1.82 bits per heavy atom. The van der Waals surface area contributed by atoms with E-state index in [9.17, 15) is 9.90 Å². The maximum Gasteiger partial charge on any atom is 0.338 e. The van der Waals surface area contributed by atoms with Gasteiger partial charge in [-0.3, -0.25) is 0 Å². The average Bonchev–Trinajstić information content (AvgIpc) is 2.92. The lowest BCUT2D eigenvalue weighted by molar-refractivity contribution is -0.336. The van der Waals surface area contributed by atoms with Crippen LogP contribution in [0.3, 0.4) is 0 Å². The molecule has 1 N–H and O–H groups in total. The van der Waals surface area contributed by atoms with E-state index in [0.717, 1.165) is 11.1 Å². The van der Waals surface area contributed by atoms with Gasteiger partial charge in [-0.25, -0.2) is 4.79 Å². The van der Waals surface area contributed by atoms with E-state index < -0.39 is 42.3 Å². The van der Waals surface area contributed by atoms with Crippen molar-refractivity contribution in [3.63, 3.8) is 0 Å². The van der Waals surface area contributed by atoms with E-state index in [1.807, 2.05) is 87.5 Å². The summed E-state index contributed by atoms with van der Waals surface area (Å²) in [6.45, 7) is 6.12. The van der Waals surface area contributed by atoms with Crippen molar-refractivity contribution >= 4 is 5.97 Å². The molecule has 7 nitrogen and oxygen atoms in total. The molecule has 3 aromatic rings. The van der Waals surface area contributed by atoms with Crippen LogP contribution in [0, 0.1) is 0 Å². The highest BCUT2D eigenvalue weighted by atomic mass is 16.7. The minimum Gasteiger partial charge on any atom is -0.459 e. The maximum absolute atomic E-state index is 12.6. The lowest BCUT2D eigenvalue weighted by atomic mass is 9.98. The fourth-order valence-corrected chi connectivity index (χ4v) is 4.19. The molecule has 0 radical (unpaired) electrons. The number of hydrogen-bond acceptors (Lipinski definition) is 7. The first-order chi connectivity index (χ1) is 18.3. The number of aliphatic hydroxyl groups excluding tert-OH is 1. The number of esters is 1. The summed E-state index contributed by atoms with van der Waals surface area (Å²) >= 11 is 0. The summed E-state index contributed by atoms with van der Waals surface area (Å²) < 4.78 is 30.5. The standard InChI is InChI=1S/C31H36O7/c1-31(2,3)38-30-28(35-20-23-15-9-5-10-16-23)27(34-19-22-13-7-4-8-14-22)26(32)25(37-30)21-36-29(33)24-17-11-6-12-18-24/h4-18,25-28,30,32H,19-21H2,1-3H3/t25-,26+,27+,28-,30+/m1/s1. The Labute approximate surface area is 224 Å². The van der Waals surface area contributed by atoms with Crippen LogP contribution in [0.25, 0.3) is 0 Å². The molecule has 5 atom stereocenters. The molecule has 0 spiro atoms. The molecular formula is C31H36O7. The Balaban J connectivity index is 1.54. The van der Waals surface area contributed by atoms with Gasteiger partial charge in [0.05, 0.1) is 24.4 Å². The third-order valence-electron chi connectivity index (χ3n) is 6.05. The number of hydrogen-bond donors (Lipinski definition) is 1. The Bertz CT molecular complexity index is 1120. The van der Waals surface area contributed by atoms with Gasteiger partial charge in [-0.1, -0.05) is 78.9 Å². The van der Waals surface area contributed by atoms with E-state index in [2.05, 4.69) is 0 Å². The molecule has 1 heterocycles. The van der Waals surface area contributed by atoms with Gasteiger partial charge in [0.15, 0.2) is 6.29 Å². The Hall–Kier alpha value is -3.07. The zero-order valence-electron chi connectivity index (χ0n) is 22.1. The van der Waals surface area contributed by atoms with Crippen LogP contribution < -0.4 is 0 Å². The number of ether oxygens (including phenoxy) is 5. The van der Waals surface area contributed by atoms with Crippen LogP contribution in [-0.4, -0.2) is 54.0 Å². The van der Waals surface area contributed by atoms with Crippen LogP contribution in [0.5, 0.6) is 0 Å². The fourth-order valence-electron chi connectivity index (χ4n) is 4.19. The molecular weight excluding hydrogens is 484 g/mol. The van der Waals surface area contributed by atoms with E-state index in [1.54, 1.807) is 24.3 Å². The molecule has 0 aliphatic carbocycles. The first-order valence-electron chi connectivity index (χ1n) is 12.8. The summed E-state index contributed by atoms with van der Waals surface area (Å²) in [5, 5.41) is 11.4. The number of benzene rings is 3. The van der Waals surface area contributed by atoms with Gasteiger partial charge in [-0.2, -0.15) is 0 Å². The maximum atomic E-state index is 12.6. The molecule has 7 heteroatoms. The quantitative estimate of drug-likeness (QED) is 0.380. The van der Waals surface area contributed by atoms with Gasteiger partial charge in [-0.05, 0) is 44.0 Å². The highest BCUT2D eigenvalue weighted by Gasteiger charge is 2.49. The van der Waals surface area contributed by atoms with Crippen LogP contribution in [-0.2, 0) is 36.9 Å². The minimum absolute atomic E-state index is 0.171. The topological polar surface area (TPSA) is 83.5 Å². The Morgan fingerprint density at radius 1 is 0.789 bits per heavy atom. The average molecular weight is 521 g/mol. The summed E-state index contributed by atoms with van der Waals surface area (Å²) in [6.07, 6.45) is -4.44. The molecule has 0 bridgehead atoms. The number of aliphatic hydroxyl groups is 1. The second-order valence-electron chi connectivity index (χ2n) is 10.3. The normalized spacial score (nSPS) is 23.6. The minimum atomic E-state index is -1.14. The van der Waals surface area contributed by atoms with Crippen LogP contribution in [0.2, 0.25) is 0 Å². The van der Waals surface area contributed by atoms with Crippen LogP contribution >= 0.6 is 0 Å². The summed E-state index contributed by atoms with van der Waals surface area (Å²) in [5.41, 5.74) is 1.77. The number of carbonyl (C=O) groups is 1. The lowest BCUT2D eigenvalue weighted by Gasteiger charge is -2.45. The van der Waals surface area contributed by atoms with Gasteiger partial charge in [0.2, 0.25) is 0 Å².